The molecule has 86 valence electrons. The smallest absolute Gasteiger partial charge is 0.254 e. The average molecular weight is 238 g/mol. The number of aliphatic hydroxyl groups excluding tert-OH is 1. The predicted molar refractivity (Wildman–Crippen MR) is 62.5 cm³/mol. The minimum absolute atomic E-state index is 0.00754. The molecule has 1 aromatic heterocycles. The summed E-state index contributed by atoms with van der Waals surface area (Å²) in [5.74, 6) is -0.149. The molecule has 1 aliphatic rings. The van der Waals surface area contributed by atoms with Crippen molar-refractivity contribution in [2.75, 3.05) is 12.9 Å². The Morgan fingerprint density at radius 2 is 2.44 bits per heavy atom. The summed E-state index contributed by atoms with van der Waals surface area (Å²) in [5, 5.41) is 12.7. The van der Waals surface area contributed by atoms with Gasteiger partial charge < -0.3 is 10.4 Å². The number of aliphatic hydroxyl groups is 1. The van der Waals surface area contributed by atoms with Gasteiger partial charge in [0.1, 0.15) is 5.03 Å². The zero-order valence-electron chi connectivity index (χ0n) is 9.06. The van der Waals surface area contributed by atoms with Gasteiger partial charge in [0.2, 0.25) is 0 Å². The molecule has 16 heavy (non-hydrogen) atoms. The number of nitrogens with one attached hydrogen (secondary N) is 1. The summed E-state index contributed by atoms with van der Waals surface area (Å²) in [5.41, 5.74) is 0.206. The van der Waals surface area contributed by atoms with E-state index in [1.54, 1.807) is 18.3 Å². The van der Waals surface area contributed by atoms with Gasteiger partial charge in [-0.2, -0.15) is 0 Å². The lowest BCUT2D eigenvalue weighted by atomic mass is 10.2. The molecule has 1 saturated carbocycles. The highest BCUT2D eigenvalue weighted by Gasteiger charge is 2.43. The predicted octanol–water partition coefficient (Wildman–Crippen LogP) is 1.06. The Hall–Kier alpha value is -1.07. The molecule has 0 aliphatic heterocycles. The van der Waals surface area contributed by atoms with Crippen molar-refractivity contribution in [3.63, 3.8) is 0 Å². The number of hydrogen-bond acceptors (Lipinski definition) is 4. The van der Waals surface area contributed by atoms with Gasteiger partial charge in [0, 0.05) is 6.20 Å². The Kier molecular flexibility index (Phi) is 3.16. The second-order valence-corrected chi connectivity index (χ2v) is 4.75. The molecule has 0 spiro atoms. The van der Waals surface area contributed by atoms with Crippen molar-refractivity contribution in [3.8, 4) is 0 Å². The topological polar surface area (TPSA) is 62.2 Å². The molecule has 4 nitrogen and oxygen atoms in total. The first kappa shape index (κ1) is 11.4. The van der Waals surface area contributed by atoms with Crippen molar-refractivity contribution in [2.24, 2.45) is 0 Å². The van der Waals surface area contributed by atoms with Crippen LogP contribution in [0.1, 0.15) is 23.2 Å². The molecule has 0 bridgehead atoms. The van der Waals surface area contributed by atoms with Crippen molar-refractivity contribution in [1.29, 1.82) is 0 Å². The van der Waals surface area contributed by atoms with Crippen LogP contribution >= 0.6 is 11.8 Å². The Morgan fingerprint density at radius 3 is 3.00 bits per heavy atom. The van der Waals surface area contributed by atoms with Gasteiger partial charge in [-0.3, -0.25) is 4.79 Å². The van der Waals surface area contributed by atoms with Crippen LogP contribution in [-0.4, -0.2) is 34.4 Å². The fraction of sp³-hybridized carbons (Fsp3) is 0.455. The number of carbonyl (C=O) groups excluding carboxylic acids is 1. The molecule has 1 aromatic rings. The normalized spacial score (nSPS) is 16.9. The Balaban J connectivity index is 2.14. The monoisotopic (exact) mass is 238 g/mol. The van der Waals surface area contributed by atoms with Gasteiger partial charge in [-0.25, -0.2) is 4.98 Å². The molecule has 0 atom stereocenters. The minimum Gasteiger partial charge on any atom is -0.394 e. The number of pyridine rings is 1. The SMILES string of the molecule is CSc1ncccc1C(=O)NC1(CO)CC1. The van der Waals surface area contributed by atoms with Crippen LogP contribution in [0.25, 0.3) is 0 Å². The quantitative estimate of drug-likeness (QED) is 0.770. The third-order valence-electron chi connectivity index (χ3n) is 2.74. The molecule has 5 heteroatoms. The average Bonchev–Trinajstić information content (AvgIpc) is 3.09. The van der Waals surface area contributed by atoms with Crippen LogP contribution in [0.5, 0.6) is 0 Å². The Morgan fingerprint density at radius 1 is 1.69 bits per heavy atom. The maximum Gasteiger partial charge on any atom is 0.254 e. The molecule has 0 radical (unpaired) electrons. The van der Waals surface area contributed by atoms with Crippen LogP contribution < -0.4 is 5.32 Å². The summed E-state index contributed by atoms with van der Waals surface area (Å²) in [7, 11) is 0. The van der Waals surface area contributed by atoms with Crippen molar-refractivity contribution in [1.82, 2.24) is 10.3 Å². The lowest BCUT2D eigenvalue weighted by molar-refractivity contribution is 0.0903. The van der Waals surface area contributed by atoms with E-state index in [4.69, 9.17) is 5.11 Å². The second kappa shape index (κ2) is 4.43. The molecule has 2 rings (SSSR count). The zero-order chi connectivity index (χ0) is 11.6. The van der Waals surface area contributed by atoms with Crippen molar-refractivity contribution >= 4 is 17.7 Å². The van der Waals surface area contributed by atoms with Crippen molar-refractivity contribution in [3.05, 3.63) is 23.9 Å². The lowest BCUT2D eigenvalue weighted by Gasteiger charge is -2.15. The molecule has 2 N–H and O–H groups in total. The summed E-state index contributed by atoms with van der Waals surface area (Å²) < 4.78 is 0. The maximum absolute atomic E-state index is 12.0. The van der Waals surface area contributed by atoms with Crippen LogP contribution in [-0.2, 0) is 0 Å². The van der Waals surface area contributed by atoms with Gasteiger partial charge >= 0.3 is 0 Å². The number of aromatic nitrogens is 1. The summed E-state index contributed by atoms with van der Waals surface area (Å²) in [6.07, 6.45) is 5.26. The van der Waals surface area contributed by atoms with E-state index in [0.29, 0.717) is 10.6 Å². The van der Waals surface area contributed by atoms with E-state index < -0.39 is 0 Å². The van der Waals surface area contributed by atoms with Gasteiger partial charge in [0.25, 0.3) is 5.91 Å². The van der Waals surface area contributed by atoms with Crippen molar-refractivity contribution < 1.29 is 9.90 Å². The molecular weight excluding hydrogens is 224 g/mol. The summed E-state index contributed by atoms with van der Waals surface area (Å²) in [6, 6.07) is 3.49. The van der Waals surface area contributed by atoms with E-state index in [-0.39, 0.29) is 18.1 Å². The number of hydrogen-bond donors (Lipinski definition) is 2. The molecule has 0 unspecified atom stereocenters. The van der Waals surface area contributed by atoms with Gasteiger partial charge in [0.15, 0.2) is 0 Å². The van der Waals surface area contributed by atoms with Gasteiger partial charge in [-0.1, -0.05) is 0 Å². The first-order chi connectivity index (χ1) is 7.71. The van der Waals surface area contributed by atoms with E-state index in [1.165, 1.54) is 11.8 Å². The number of carbonyl (C=O) groups is 1. The molecule has 0 saturated heterocycles. The van der Waals surface area contributed by atoms with Crippen LogP contribution in [0.4, 0.5) is 0 Å². The molecular formula is C11H14N2O2S. The van der Waals surface area contributed by atoms with E-state index >= 15 is 0 Å². The van der Waals surface area contributed by atoms with Gasteiger partial charge in [-0.05, 0) is 31.2 Å². The second-order valence-electron chi connectivity index (χ2n) is 3.95. The fourth-order valence-electron chi connectivity index (χ4n) is 1.51. The van der Waals surface area contributed by atoms with Crippen LogP contribution in [0.15, 0.2) is 23.4 Å². The molecule has 1 fully saturated rings. The van der Waals surface area contributed by atoms with E-state index in [0.717, 1.165) is 12.8 Å². The Labute approximate surface area is 98.5 Å². The highest BCUT2D eigenvalue weighted by molar-refractivity contribution is 7.98. The number of thioether (sulfide) groups is 1. The highest BCUT2D eigenvalue weighted by Crippen LogP contribution is 2.35. The van der Waals surface area contributed by atoms with Crippen molar-refractivity contribution in [2.45, 2.75) is 23.4 Å². The maximum atomic E-state index is 12.0. The largest absolute Gasteiger partial charge is 0.394 e. The first-order valence-corrected chi connectivity index (χ1v) is 6.36. The lowest BCUT2D eigenvalue weighted by Crippen LogP contribution is -2.39. The third-order valence-corrected chi connectivity index (χ3v) is 3.46. The van der Waals surface area contributed by atoms with Gasteiger partial charge in [-0.15, -0.1) is 11.8 Å². The van der Waals surface area contributed by atoms with Gasteiger partial charge in [0.05, 0.1) is 17.7 Å². The summed E-state index contributed by atoms with van der Waals surface area (Å²) >= 11 is 1.44. The molecule has 1 amide bonds. The minimum atomic E-state index is -0.372. The summed E-state index contributed by atoms with van der Waals surface area (Å²) in [4.78, 5) is 16.1. The van der Waals surface area contributed by atoms with E-state index in [9.17, 15) is 4.79 Å². The summed E-state index contributed by atoms with van der Waals surface area (Å²) in [6.45, 7) is 0.00754. The highest BCUT2D eigenvalue weighted by atomic mass is 32.2. The van der Waals surface area contributed by atoms with Crippen LogP contribution in [0.3, 0.4) is 0 Å². The third kappa shape index (κ3) is 2.20. The Bertz CT molecular complexity index is 405. The van der Waals surface area contributed by atoms with E-state index in [1.807, 2.05) is 6.26 Å². The van der Waals surface area contributed by atoms with Crippen LogP contribution in [0.2, 0.25) is 0 Å². The van der Waals surface area contributed by atoms with E-state index in [2.05, 4.69) is 10.3 Å². The zero-order valence-corrected chi connectivity index (χ0v) is 9.88. The molecule has 0 aromatic carbocycles. The number of amides is 1. The van der Waals surface area contributed by atoms with Crippen LogP contribution in [0, 0.1) is 0 Å². The molecule has 1 aliphatic carbocycles. The first-order valence-electron chi connectivity index (χ1n) is 5.13. The number of nitrogens with zero attached hydrogens (tertiary/aromatic N) is 1. The number of rotatable bonds is 4. The standard InChI is InChI=1S/C11H14N2O2S/c1-16-10-8(3-2-6-12-10)9(15)13-11(7-14)4-5-11/h2-3,6,14H,4-5,7H2,1H3,(H,13,15). The fourth-order valence-corrected chi connectivity index (χ4v) is 2.05. The molecule has 1 heterocycles.